The van der Waals surface area contributed by atoms with E-state index in [-0.39, 0.29) is 102 Å². The van der Waals surface area contributed by atoms with Crippen LogP contribution in [-0.4, -0.2) is 9.55 Å². The molecule has 0 spiro atoms. The summed E-state index contributed by atoms with van der Waals surface area (Å²) in [6, 6.07) is 45.8. The predicted octanol–water partition coefficient (Wildman–Crippen LogP) is 20.2. The van der Waals surface area contributed by atoms with Gasteiger partial charge in [0.05, 0.1) is 11.0 Å². The molecule has 12 rings (SSSR count). The normalized spacial score (nSPS) is 16.4. The molecular weight excluding hydrogens is 1160 g/mol. The Kier molecular flexibility index (Phi) is 11.4. The molecule has 0 saturated carbocycles. The number of ether oxygens (including phenoxy) is 1. The standard InChI is InChI=1S/C74H73N4O.Pt/c1-70(2,3)52-21-18-20-50(40-52)48-28-30-49(31-29-48)60-42-54(72(7,8)9)43-61(51-32-35-62-63(41-51)74(12,13)38-37-73(62,10)11)69(60)77-47-76(65-26-16-17-27-66(65)77)55-22-19-23-56(45-55)79-57-33-34-59-58-24-14-15-25-64(58)78(67(59)46-57)68-44-53(36-39-75-68)71(4,5)6;/h14-36,39-44,47H,37-38H2,1-13H3;/q-3;/i14D,15D,24D,25D,28D,29D,30D,31D;. The number of anilines is 4. The maximum Gasteiger partial charge on any atom is 0.135 e. The van der Waals surface area contributed by atoms with E-state index in [1.54, 1.807) is 22.9 Å². The van der Waals surface area contributed by atoms with Crippen molar-refractivity contribution in [3.63, 3.8) is 0 Å². The molecule has 10 aromatic rings. The van der Waals surface area contributed by atoms with Crippen molar-refractivity contribution < 1.29 is 36.8 Å². The molecular formula is C74H73N4OPt-3. The molecule has 80 heavy (non-hydrogen) atoms. The largest absolute Gasteiger partial charge is 0.509 e. The SMILES string of the molecule is [2H]c1c([2H])c(-c2cc(C(C)(C)C)cc(-c3ccc4c(c3)C(C)(C)CCC4(C)C)c2N2[CH-]N(c3[c-]c(Oc4[c-]c5c(cc4)c4c([2H])c([2H])c([2H])c([2H])c4n5-c4cc(C(C)(C)C)ccn4)ccc3)c3ccccc32)c([2H])c([2H])c1-c1cccc(C(C)(C)C)c1.[Pt]. The Morgan fingerprint density at radius 1 is 0.537 bits per heavy atom. The fourth-order valence-electron chi connectivity index (χ4n) is 11.4. The van der Waals surface area contributed by atoms with Gasteiger partial charge in [-0.05, 0) is 138 Å². The first-order chi connectivity index (χ1) is 40.9. The Morgan fingerprint density at radius 2 is 1.16 bits per heavy atom. The summed E-state index contributed by atoms with van der Waals surface area (Å²) >= 11 is 0. The van der Waals surface area contributed by atoms with Crippen LogP contribution in [0.3, 0.4) is 0 Å². The second-order valence-corrected chi connectivity index (χ2v) is 25.9. The molecule has 0 saturated heterocycles. The van der Waals surface area contributed by atoms with Crippen LogP contribution in [0.2, 0.25) is 0 Å². The molecule has 0 unspecified atom stereocenters. The Bertz CT molecular complexity index is 4460. The van der Waals surface area contributed by atoms with Crippen molar-refractivity contribution in [1.29, 1.82) is 0 Å². The van der Waals surface area contributed by atoms with Crippen molar-refractivity contribution in [1.82, 2.24) is 9.55 Å². The molecule has 408 valence electrons. The van der Waals surface area contributed by atoms with Crippen LogP contribution >= 0.6 is 0 Å². The average molecular weight is 1240 g/mol. The molecule has 0 fully saturated rings. The van der Waals surface area contributed by atoms with Gasteiger partial charge in [-0.15, -0.1) is 48.1 Å². The van der Waals surface area contributed by atoms with Crippen molar-refractivity contribution in [2.75, 3.05) is 9.80 Å². The van der Waals surface area contributed by atoms with Crippen LogP contribution in [0.25, 0.3) is 61.0 Å². The molecule has 3 heterocycles. The number of hydrogen-bond acceptors (Lipinski definition) is 4. The average Bonchev–Trinajstić information content (AvgIpc) is 1.42. The third kappa shape index (κ3) is 9.99. The molecule has 0 amide bonds. The first kappa shape index (κ1) is 45.5. The van der Waals surface area contributed by atoms with Gasteiger partial charge in [0, 0.05) is 72.5 Å². The van der Waals surface area contributed by atoms with Crippen molar-refractivity contribution in [3.8, 4) is 50.7 Å². The van der Waals surface area contributed by atoms with Gasteiger partial charge >= 0.3 is 0 Å². The molecule has 2 aromatic heterocycles. The number of rotatable bonds is 8. The molecule has 0 bridgehead atoms. The van der Waals surface area contributed by atoms with Gasteiger partial charge in [0.15, 0.2) is 0 Å². The van der Waals surface area contributed by atoms with Gasteiger partial charge in [-0.25, -0.2) is 4.98 Å². The molecule has 0 N–H and O–H groups in total. The first-order valence-electron chi connectivity index (χ1n) is 31.6. The maximum absolute atomic E-state index is 10.1. The minimum Gasteiger partial charge on any atom is -0.509 e. The van der Waals surface area contributed by atoms with Crippen LogP contribution in [0.15, 0.2) is 176 Å². The quantitative estimate of drug-likeness (QED) is 0.142. The van der Waals surface area contributed by atoms with E-state index in [0.29, 0.717) is 61.6 Å². The van der Waals surface area contributed by atoms with Crippen LogP contribution in [0.5, 0.6) is 11.5 Å². The number of nitrogens with zero attached hydrogens (tertiary/aromatic N) is 4. The zero-order chi connectivity index (χ0) is 62.4. The van der Waals surface area contributed by atoms with E-state index in [4.69, 9.17) is 15.2 Å². The minimum atomic E-state index is -0.407. The van der Waals surface area contributed by atoms with E-state index < -0.39 is 5.41 Å². The Balaban J connectivity index is 0.00000800. The summed E-state index contributed by atoms with van der Waals surface area (Å²) in [7, 11) is 0. The fourth-order valence-corrected chi connectivity index (χ4v) is 11.4. The van der Waals surface area contributed by atoms with Gasteiger partial charge in [0.2, 0.25) is 0 Å². The van der Waals surface area contributed by atoms with E-state index in [2.05, 4.69) is 143 Å². The van der Waals surface area contributed by atoms with E-state index in [1.165, 1.54) is 11.1 Å². The predicted molar refractivity (Wildman–Crippen MR) is 332 cm³/mol. The molecule has 6 heteroatoms. The van der Waals surface area contributed by atoms with Crippen molar-refractivity contribution in [2.24, 2.45) is 0 Å². The molecule has 0 atom stereocenters. The molecule has 2 aliphatic rings. The summed E-state index contributed by atoms with van der Waals surface area (Å²) in [6.45, 7) is 30.5. The van der Waals surface area contributed by atoms with Gasteiger partial charge in [-0.1, -0.05) is 192 Å². The van der Waals surface area contributed by atoms with Crippen molar-refractivity contribution in [3.05, 3.63) is 222 Å². The molecule has 8 aromatic carbocycles. The second kappa shape index (κ2) is 20.1. The number of pyridine rings is 1. The molecule has 5 nitrogen and oxygen atoms in total. The number of hydrogen-bond donors (Lipinski definition) is 0. The van der Waals surface area contributed by atoms with Gasteiger partial charge < -0.3 is 19.1 Å². The van der Waals surface area contributed by atoms with Crippen LogP contribution in [-0.2, 0) is 48.1 Å². The molecule has 1 aliphatic carbocycles. The van der Waals surface area contributed by atoms with Crippen LogP contribution in [0, 0.1) is 18.8 Å². The Hall–Kier alpha value is -7.20. The van der Waals surface area contributed by atoms with Crippen LogP contribution in [0.1, 0.15) is 142 Å². The van der Waals surface area contributed by atoms with E-state index >= 15 is 0 Å². The second-order valence-electron chi connectivity index (χ2n) is 25.9. The van der Waals surface area contributed by atoms with Crippen molar-refractivity contribution in [2.45, 2.75) is 130 Å². The van der Waals surface area contributed by atoms with Crippen LogP contribution < -0.4 is 14.5 Å². The van der Waals surface area contributed by atoms with Gasteiger partial charge in [0.25, 0.3) is 0 Å². The molecule has 1 aliphatic heterocycles. The van der Waals surface area contributed by atoms with E-state index in [9.17, 15) is 5.48 Å². The maximum atomic E-state index is 10.1. The van der Waals surface area contributed by atoms with E-state index in [1.807, 2.05) is 84.4 Å². The summed E-state index contributed by atoms with van der Waals surface area (Å²) in [5.41, 5.74) is 11.9. The number of para-hydroxylation sites is 3. The Morgan fingerprint density at radius 3 is 1.88 bits per heavy atom. The zero-order valence-electron chi connectivity index (χ0n) is 56.1. The first-order valence-corrected chi connectivity index (χ1v) is 27.6. The number of fused-ring (bicyclic) bond motifs is 5. The summed E-state index contributed by atoms with van der Waals surface area (Å²) in [5.74, 6) is 1.19. The number of aromatic nitrogens is 2. The minimum absolute atomic E-state index is 0. The fraction of sp³-hybridized carbons (Fsp3) is 0.270. The number of benzene rings is 8. The monoisotopic (exact) mass is 1240 g/mol. The Labute approximate surface area is 501 Å². The van der Waals surface area contributed by atoms with Gasteiger partial charge in [0.1, 0.15) is 5.82 Å². The summed E-state index contributed by atoms with van der Waals surface area (Å²) in [4.78, 5) is 8.94. The van der Waals surface area contributed by atoms with Crippen LogP contribution in [0.4, 0.5) is 22.7 Å². The summed E-state index contributed by atoms with van der Waals surface area (Å²) < 4.78 is 83.8. The smallest absolute Gasteiger partial charge is 0.135 e. The summed E-state index contributed by atoms with van der Waals surface area (Å²) in [6.07, 6.45) is 3.80. The zero-order valence-corrected chi connectivity index (χ0v) is 50.4. The molecule has 0 radical (unpaired) electrons. The van der Waals surface area contributed by atoms with Gasteiger partial charge in [-0.2, -0.15) is 12.1 Å². The van der Waals surface area contributed by atoms with E-state index in [0.717, 1.165) is 52.0 Å². The topological polar surface area (TPSA) is 33.5 Å². The summed E-state index contributed by atoms with van der Waals surface area (Å²) in [5, 5.41) is 0.930. The third-order valence-electron chi connectivity index (χ3n) is 16.3. The van der Waals surface area contributed by atoms with Crippen molar-refractivity contribution >= 4 is 44.6 Å². The van der Waals surface area contributed by atoms with Gasteiger partial charge in [-0.3, -0.25) is 0 Å². The third-order valence-corrected chi connectivity index (χ3v) is 16.3.